The van der Waals surface area contributed by atoms with Crippen molar-refractivity contribution >= 4 is 6.08 Å². The minimum atomic E-state index is -0.426. The van der Waals surface area contributed by atoms with Crippen LogP contribution in [0.5, 0.6) is 11.5 Å². The zero-order chi connectivity index (χ0) is 13.7. The van der Waals surface area contributed by atoms with Crippen LogP contribution in [0.1, 0.15) is 26.3 Å². The second-order valence-electron chi connectivity index (χ2n) is 4.12. The Labute approximate surface area is 106 Å². The van der Waals surface area contributed by atoms with Crippen molar-refractivity contribution in [2.75, 3.05) is 7.11 Å². The molecule has 0 aliphatic carbocycles. The summed E-state index contributed by atoms with van der Waals surface area (Å²) in [5.41, 5.74) is 0.784. The monoisotopic (exact) mass is 251 g/mol. The lowest BCUT2D eigenvalue weighted by Crippen LogP contribution is -2.06. The molecule has 0 amide bonds. The Kier molecular flexibility index (Phi) is 4.71. The van der Waals surface area contributed by atoms with Crippen molar-refractivity contribution in [2.45, 2.75) is 26.9 Å². The van der Waals surface area contributed by atoms with E-state index in [-0.39, 0.29) is 11.8 Å². The molecule has 1 aromatic carbocycles. The first-order valence-electron chi connectivity index (χ1n) is 5.61. The number of hydrogen-bond donors (Lipinski definition) is 0. The number of benzene rings is 1. The van der Waals surface area contributed by atoms with Crippen LogP contribution in [0.25, 0.3) is 6.08 Å². The summed E-state index contributed by atoms with van der Waals surface area (Å²) in [5, 5.41) is 10.6. The zero-order valence-electron chi connectivity index (χ0n) is 11.0. The Morgan fingerprint density at radius 2 is 2.06 bits per heavy atom. The Morgan fingerprint density at radius 3 is 2.56 bits per heavy atom. The van der Waals surface area contributed by atoms with Crippen LogP contribution in [0.2, 0.25) is 0 Å². The van der Waals surface area contributed by atoms with Crippen molar-refractivity contribution in [1.82, 2.24) is 0 Å². The molecule has 0 N–H and O–H groups in total. The summed E-state index contributed by atoms with van der Waals surface area (Å²) in [7, 11) is 1.54. The van der Waals surface area contributed by atoms with Gasteiger partial charge in [-0.1, -0.05) is 6.07 Å². The van der Waals surface area contributed by atoms with E-state index in [1.54, 1.807) is 18.2 Å². The highest BCUT2D eigenvalue weighted by atomic mass is 16.6. The van der Waals surface area contributed by atoms with Gasteiger partial charge in [0.25, 0.3) is 0 Å². The molecular weight excluding hydrogens is 234 g/mol. The Hall–Kier alpha value is -2.04. The van der Waals surface area contributed by atoms with E-state index >= 15 is 0 Å². The van der Waals surface area contributed by atoms with E-state index in [0.717, 1.165) is 0 Å². The van der Waals surface area contributed by atoms with Crippen LogP contribution in [-0.4, -0.2) is 18.1 Å². The SMILES string of the molecule is COc1cc(/C=C(/C)[N+](=O)[O-])ccc1OC(C)C. The molecule has 98 valence electrons. The smallest absolute Gasteiger partial charge is 0.243 e. The molecule has 0 saturated heterocycles. The first kappa shape index (κ1) is 14.0. The number of ether oxygens (including phenoxy) is 2. The second-order valence-corrected chi connectivity index (χ2v) is 4.12. The normalized spacial score (nSPS) is 11.5. The molecular formula is C13H17NO4. The van der Waals surface area contributed by atoms with Gasteiger partial charge in [-0.05, 0) is 31.5 Å². The molecule has 1 aromatic rings. The third-order valence-electron chi connectivity index (χ3n) is 2.21. The van der Waals surface area contributed by atoms with Crippen molar-refractivity contribution in [3.8, 4) is 11.5 Å². The van der Waals surface area contributed by atoms with Crippen LogP contribution >= 0.6 is 0 Å². The quantitative estimate of drug-likeness (QED) is 0.595. The fourth-order valence-corrected chi connectivity index (χ4v) is 1.42. The van der Waals surface area contributed by atoms with Crippen LogP contribution in [0.15, 0.2) is 23.9 Å². The molecule has 0 aliphatic rings. The highest BCUT2D eigenvalue weighted by Crippen LogP contribution is 2.29. The molecule has 0 heterocycles. The average Bonchev–Trinajstić information content (AvgIpc) is 2.30. The Balaban J connectivity index is 3.05. The van der Waals surface area contributed by atoms with Gasteiger partial charge in [-0.25, -0.2) is 0 Å². The molecule has 0 aromatic heterocycles. The van der Waals surface area contributed by atoms with Gasteiger partial charge in [-0.15, -0.1) is 0 Å². The van der Waals surface area contributed by atoms with Gasteiger partial charge in [-0.2, -0.15) is 0 Å². The highest BCUT2D eigenvalue weighted by Gasteiger charge is 2.08. The van der Waals surface area contributed by atoms with Crippen LogP contribution in [0.4, 0.5) is 0 Å². The number of nitrogens with zero attached hydrogens (tertiary/aromatic N) is 1. The maximum Gasteiger partial charge on any atom is 0.243 e. The molecule has 0 aliphatic heterocycles. The third kappa shape index (κ3) is 3.76. The van der Waals surface area contributed by atoms with Crippen molar-refractivity contribution in [3.05, 3.63) is 39.6 Å². The molecule has 0 saturated carbocycles. The maximum atomic E-state index is 10.6. The van der Waals surface area contributed by atoms with Crippen LogP contribution < -0.4 is 9.47 Å². The predicted molar refractivity (Wildman–Crippen MR) is 69.4 cm³/mol. The number of methoxy groups -OCH3 is 1. The van der Waals surface area contributed by atoms with Gasteiger partial charge in [0, 0.05) is 13.0 Å². The minimum Gasteiger partial charge on any atom is -0.493 e. The van der Waals surface area contributed by atoms with E-state index in [1.807, 2.05) is 13.8 Å². The molecule has 1 rings (SSSR count). The number of rotatable bonds is 5. The molecule has 0 atom stereocenters. The Bertz CT molecular complexity index is 466. The van der Waals surface area contributed by atoms with Gasteiger partial charge in [0.05, 0.1) is 18.1 Å². The van der Waals surface area contributed by atoms with Gasteiger partial charge in [0.15, 0.2) is 11.5 Å². The first-order valence-corrected chi connectivity index (χ1v) is 5.61. The summed E-state index contributed by atoms with van der Waals surface area (Å²) < 4.78 is 10.8. The fraction of sp³-hybridized carbons (Fsp3) is 0.385. The van der Waals surface area contributed by atoms with Crippen LogP contribution in [0, 0.1) is 10.1 Å². The van der Waals surface area contributed by atoms with Crippen molar-refractivity contribution < 1.29 is 14.4 Å². The molecule has 0 fully saturated rings. The van der Waals surface area contributed by atoms with E-state index in [4.69, 9.17) is 9.47 Å². The predicted octanol–water partition coefficient (Wildman–Crippen LogP) is 3.12. The first-order chi connectivity index (χ1) is 8.43. The zero-order valence-corrected chi connectivity index (χ0v) is 11.0. The Morgan fingerprint density at radius 1 is 1.39 bits per heavy atom. The van der Waals surface area contributed by atoms with E-state index < -0.39 is 4.92 Å². The highest BCUT2D eigenvalue weighted by molar-refractivity contribution is 5.56. The summed E-state index contributed by atoms with van der Waals surface area (Å²) in [6.45, 7) is 5.29. The van der Waals surface area contributed by atoms with Gasteiger partial charge in [0.1, 0.15) is 0 Å². The fourth-order valence-electron chi connectivity index (χ4n) is 1.42. The lowest BCUT2D eigenvalue weighted by molar-refractivity contribution is -0.422. The van der Waals surface area contributed by atoms with Crippen LogP contribution in [-0.2, 0) is 0 Å². The average molecular weight is 251 g/mol. The van der Waals surface area contributed by atoms with E-state index in [0.29, 0.717) is 17.1 Å². The molecule has 5 nitrogen and oxygen atoms in total. The largest absolute Gasteiger partial charge is 0.493 e. The van der Waals surface area contributed by atoms with Gasteiger partial charge < -0.3 is 9.47 Å². The summed E-state index contributed by atoms with van der Waals surface area (Å²) in [4.78, 5) is 10.1. The summed E-state index contributed by atoms with van der Waals surface area (Å²) in [6.07, 6.45) is 1.53. The van der Waals surface area contributed by atoms with Crippen molar-refractivity contribution in [3.63, 3.8) is 0 Å². The van der Waals surface area contributed by atoms with Crippen LogP contribution in [0.3, 0.4) is 0 Å². The third-order valence-corrected chi connectivity index (χ3v) is 2.21. The number of hydrogen-bond acceptors (Lipinski definition) is 4. The standard InChI is InChI=1S/C13H17NO4/c1-9(2)18-12-6-5-11(8-13(12)17-4)7-10(3)14(15)16/h5-9H,1-4H3/b10-7-. The lowest BCUT2D eigenvalue weighted by Gasteiger charge is -2.13. The summed E-state index contributed by atoms with van der Waals surface area (Å²) >= 11 is 0. The molecule has 5 heteroatoms. The molecule has 0 spiro atoms. The second kappa shape index (κ2) is 6.05. The molecule has 18 heavy (non-hydrogen) atoms. The molecule has 0 bridgehead atoms. The topological polar surface area (TPSA) is 61.6 Å². The van der Waals surface area contributed by atoms with Gasteiger partial charge in [0.2, 0.25) is 5.70 Å². The number of allylic oxidation sites excluding steroid dienone is 1. The minimum absolute atomic E-state index is 0.0424. The summed E-state index contributed by atoms with van der Waals surface area (Å²) in [6, 6.07) is 5.22. The number of nitro groups is 1. The lowest BCUT2D eigenvalue weighted by atomic mass is 10.1. The summed E-state index contributed by atoms with van der Waals surface area (Å²) in [5.74, 6) is 1.19. The molecule has 0 unspecified atom stereocenters. The van der Waals surface area contributed by atoms with Gasteiger partial charge in [-0.3, -0.25) is 10.1 Å². The van der Waals surface area contributed by atoms with Gasteiger partial charge >= 0.3 is 0 Å². The maximum absolute atomic E-state index is 10.6. The molecule has 0 radical (unpaired) electrons. The van der Waals surface area contributed by atoms with E-state index in [9.17, 15) is 10.1 Å². The van der Waals surface area contributed by atoms with Crippen molar-refractivity contribution in [1.29, 1.82) is 0 Å². The van der Waals surface area contributed by atoms with Crippen molar-refractivity contribution in [2.24, 2.45) is 0 Å². The van der Waals surface area contributed by atoms with E-state index in [1.165, 1.54) is 20.1 Å². The van der Waals surface area contributed by atoms with E-state index in [2.05, 4.69) is 0 Å².